The summed E-state index contributed by atoms with van der Waals surface area (Å²) in [5.41, 5.74) is 0.664. The van der Waals surface area contributed by atoms with Crippen LogP contribution in [0.2, 0.25) is 0 Å². The van der Waals surface area contributed by atoms with Gasteiger partial charge in [-0.15, -0.1) is 11.3 Å². The van der Waals surface area contributed by atoms with Crippen molar-refractivity contribution in [3.05, 3.63) is 29.3 Å². The quantitative estimate of drug-likeness (QED) is 0.780. The van der Waals surface area contributed by atoms with Crippen molar-refractivity contribution in [1.82, 2.24) is 4.98 Å². The van der Waals surface area contributed by atoms with Crippen molar-refractivity contribution in [3.63, 3.8) is 0 Å². The molecule has 0 saturated carbocycles. The summed E-state index contributed by atoms with van der Waals surface area (Å²) in [5.74, 6) is -1.39. The third kappa shape index (κ3) is 2.12. The zero-order chi connectivity index (χ0) is 12.3. The first-order valence-electron chi connectivity index (χ1n) is 5.16. The van der Waals surface area contributed by atoms with Crippen LogP contribution in [-0.4, -0.2) is 17.6 Å². The van der Waals surface area contributed by atoms with Gasteiger partial charge in [-0.1, -0.05) is 0 Å². The lowest BCUT2D eigenvalue weighted by Gasteiger charge is -2.09. The maximum absolute atomic E-state index is 11.7. The molecular weight excluding hydrogens is 236 g/mol. The van der Waals surface area contributed by atoms with Gasteiger partial charge in [0.05, 0.1) is 12.7 Å². The molecule has 0 N–H and O–H groups in total. The first kappa shape index (κ1) is 11.6. The molecule has 0 spiro atoms. The second kappa shape index (κ2) is 4.93. The molecule has 0 aliphatic rings. The lowest BCUT2D eigenvalue weighted by molar-refractivity contribution is -0.143. The number of nitriles is 1. The first-order chi connectivity index (χ1) is 8.27. The van der Waals surface area contributed by atoms with Gasteiger partial charge < -0.3 is 4.74 Å². The minimum atomic E-state index is -0.880. The van der Waals surface area contributed by atoms with Crippen molar-refractivity contribution in [3.8, 4) is 6.07 Å². The minimum absolute atomic E-state index is 0.273. The van der Waals surface area contributed by atoms with E-state index in [2.05, 4.69) is 4.98 Å². The summed E-state index contributed by atoms with van der Waals surface area (Å²) in [6.07, 6.45) is 1.61. The largest absolute Gasteiger partial charge is 0.465 e. The summed E-state index contributed by atoms with van der Waals surface area (Å²) in [6, 6.07) is 5.55. The zero-order valence-electron chi connectivity index (χ0n) is 9.21. The predicted molar refractivity (Wildman–Crippen MR) is 64.6 cm³/mol. The molecule has 0 bridgehead atoms. The Balaban J connectivity index is 2.47. The highest BCUT2D eigenvalue weighted by Gasteiger charge is 2.23. The molecule has 2 heterocycles. The molecule has 0 aromatic carbocycles. The van der Waals surface area contributed by atoms with Crippen molar-refractivity contribution in [1.29, 1.82) is 5.26 Å². The van der Waals surface area contributed by atoms with Gasteiger partial charge in [0.15, 0.2) is 5.92 Å². The fourth-order valence-corrected chi connectivity index (χ4v) is 2.39. The highest BCUT2D eigenvalue weighted by molar-refractivity contribution is 7.16. The van der Waals surface area contributed by atoms with E-state index in [1.807, 2.05) is 17.5 Å². The van der Waals surface area contributed by atoms with Gasteiger partial charge in [-0.25, -0.2) is 4.98 Å². The van der Waals surface area contributed by atoms with E-state index in [0.29, 0.717) is 5.56 Å². The van der Waals surface area contributed by atoms with E-state index in [0.717, 1.165) is 10.2 Å². The van der Waals surface area contributed by atoms with Crippen LogP contribution >= 0.6 is 11.3 Å². The Morgan fingerprint density at radius 2 is 2.47 bits per heavy atom. The Kier molecular flexibility index (Phi) is 3.35. The van der Waals surface area contributed by atoms with Gasteiger partial charge in [0.1, 0.15) is 4.83 Å². The minimum Gasteiger partial charge on any atom is -0.465 e. The molecule has 0 fully saturated rings. The van der Waals surface area contributed by atoms with Gasteiger partial charge in [-0.2, -0.15) is 5.26 Å². The molecule has 0 radical (unpaired) electrons. The fraction of sp³-hybridized carbons (Fsp3) is 0.250. The zero-order valence-corrected chi connectivity index (χ0v) is 10.0. The molecular formula is C12H10N2O2S. The van der Waals surface area contributed by atoms with E-state index in [9.17, 15) is 4.79 Å². The smallest absolute Gasteiger partial charge is 0.327 e. The molecule has 86 valence electrons. The van der Waals surface area contributed by atoms with Crippen molar-refractivity contribution >= 4 is 27.5 Å². The van der Waals surface area contributed by atoms with Crippen LogP contribution in [0.25, 0.3) is 10.2 Å². The Labute approximate surface area is 102 Å². The van der Waals surface area contributed by atoms with E-state index in [1.54, 1.807) is 19.2 Å². The van der Waals surface area contributed by atoms with Crippen LogP contribution in [0.1, 0.15) is 18.4 Å². The van der Waals surface area contributed by atoms with Crippen molar-refractivity contribution < 1.29 is 9.53 Å². The molecule has 2 aromatic rings. The normalized spacial score (nSPS) is 12.0. The summed E-state index contributed by atoms with van der Waals surface area (Å²) in [4.78, 5) is 16.7. The van der Waals surface area contributed by atoms with Gasteiger partial charge >= 0.3 is 5.97 Å². The number of rotatable bonds is 3. The third-order valence-corrected chi connectivity index (χ3v) is 3.18. The van der Waals surface area contributed by atoms with Crippen LogP contribution in [-0.2, 0) is 9.53 Å². The number of carbonyl (C=O) groups excluding carboxylic acids is 1. The second-order valence-corrected chi connectivity index (χ2v) is 4.25. The number of pyridine rings is 1. The average Bonchev–Trinajstić information content (AvgIpc) is 2.79. The molecule has 5 heteroatoms. The van der Waals surface area contributed by atoms with Crippen LogP contribution in [0.4, 0.5) is 0 Å². The van der Waals surface area contributed by atoms with Gasteiger partial charge in [0, 0.05) is 11.6 Å². The topological polar surface area (TPSA) is 63.0 Å². The third-order valence-electron chi connectivity index (χ3n) is 2.36. The molecule has 0 aliphatic carbocycles. The predicted octanol–water partition coefficient (Wildman–Crippen LogP) is 2.47. The summed E-state index contributed by atoms with van der Waals surface area (Å²) < 4.78 is 4.90. The monoisotopic (exact) mass is 246 g/mol. The van der Waals surface area contributed by atoms with E-state index in [1.165, 1.54) is 11.3 Å². The summed E-state index contributed by atoms with van der Waals surface area (Å²) >= 11 is 1.48. The van der Waals surface area contributed by atoms with E-state index in [4.69, 9.17) is 10.00 Å². The highest BCUT2D eigenvalue weighted by Crippen LogP contribution is 2.28. The van der Waals surface area contributed by atoms with E-state index in [-0.39, 0.29) is 6.61 Å². The Morgan fingerprint density at radius 1 is 1.65 bits per heavy atom. The molecule has 1 unspecified atom stereocenters. The van der Waals surface area contributed by atoms with Gasteiger partial charge in [-0.3, -0.25) is 4.79 Å². The number of ether oxygens (including phenoxy) is 1. The molecule has 2 rings (SSSR count). The summed E-state index contributed by atoms with van der Waals surface area (Å²) in [6.45, 7) is 1.99. The van der Waals surface area contributed by atoms with Crippen LogP contribution in [0.15, 0.2) is 23.7 Å². The van der Waals surface area contributed by atoms with Crippen LogP contribution in [0, 0.1) is 11.3 Å². The number of carbonyl (C=O) groups is 1. The molecule has 1 atom stereocenters. The number of fused-ring (bicyclic) bond motifs is 1. The van der Waals surface area contributed by atoms with Crippen LogP contribution < -0.4 is 0 Å². The molecule has 4 nitrogen and oxygen atoms in total. The van der Waals surface area contributed by atoms with E-state index < -0.39 is 11.9 Å². The maximum Gasteiger partial charge on any atom is 0.327 e. The average molecular weight is 246 g/mol. The Morgan fingerprint density at radius 3 is 3.18 bits per heavy atom. The highest BCUT2D eigenvalue weighted by atomic mass is 32.1. The number of aromatic nitrogens is 1. The van der Waals surface area contributed by atoms with Crippen LogP contribution in [0.5, 0.6) is 0 Å². The molecule has 0 saturated heterocycles. The lowest BCUT2D eigenvalue weighted by atomic mass is 9.99. The Hall–Kier alpha value is -1.93. The number of hydrogen-bond acceptors (Lipinski definition) is 5. The van der Waals surface area contributed by atoms with Crippen molar-refractivity contribution in [2.45, 2.75) is 12.8 Å². The lowest BCUT2D eigenvalue weighted by Crippen LogP contribution is -2.14. The molecule has 17 heavy (non-hydrogen) atoms. The van der Waals surface area contributed by atoms with Gasteiger partial charge in [0.2, 0.25) is 0 Å². The number of esters is 1. The van der Waals surface area contributed by atoms with Crippen LogP contribution in [0.3, 0.4) is 0 Å². The number of hydrogen-bond donors (Lipinski definition) is 0. The Bertz CT molecular complexity index is 585. The molecule has 0 aliphatic heterocycles. The summed E-state index contributed by atoms with van der Waals surface area (Å²) in [5, 5.41) is 11.8. The second-order valence-electron chi connectivity index (χ2n) is 3.35. The number of thiophene rings is 1. The SMILES string of the molecule is CCOC(=O)C(C#N)c1ccnc2sccc12. The molecule has 0 amide bonds. The van der Waals surface area contributed by atoms with Crippen molar-refractivity contribution in [2.24, 2.45) is 0 Å². The fourth-order valence-electron chi connectivity index (χ4n) is 1.62. The standard InChI is InChI=1S/C12H10N2O2S/c1-2-16-12(15)10(7-13)8-3-5-14-11-9(8)4-6-17-11/h3-6,10H,2H2,1H3. The maximum atomic E-state index is 11.7. The molecule has 2 aromatic heterocycles. The van der Waals surface area contributed by atoms with E-state index >= 15 is 0 Å². The van der Waals surface area contributed by atoms with Crippen molar-refractivity contribution in [2.75, 3.05) is 6.61 Å². The van der Waals surface area contributed by atoms with Gasteiger partial charge in [0.25, 0.3) is 0 Å². The summed E-state index contributed by atoms with van der Waals surface area (Å²) in [7, 11) is 0. The van der Waals surface area contributed by atoms with Gasteiger partial charge in [-0.05, 0) is 30.0 Å². The number of nitrogens with zero attached hydrogens (tertiary/aromatic N) is 2. The first-order valence-corrected chi connectivity index (χ1v) is 6.04.